The third kappa shape index (κ3) is 3.69. The second kappa shape index (κ2) is 7.10. The first kappa shape index (κ1) is 15.9. The van der Waals surface area contributed by atoms with E-state index in [-0.39, 0.29) is 5.56 Å². The smallest absolute Gasteiger partial charge is 0.335 e. The van der Waals surface area contributed by atoms with E-state index in [0.717, 1.165) is 17.1 Å². The van der Waals surface area contributed by atoms with Gasteiger partial charge in [0.1, 0.15) is 0 Å². The number of carbonyl (C=O) groups is 1. The van der Waals surface area contributed by atoms with Gasteiger partial charge >= 0.3 is 5.97 Å². The fourth-order valence-corrected chi connectivity index (χ4v) is 2.68. The molecule has 1 N–H and O–H groups in total. The summed E-state index contributed by atoms with van der Waals surface area (Å²) in [5.74, 6) is 0.332. The van der Waals surface area contributed by atoms with Crippen molar-refractivity contribution in [3.05, 3.63) is 65.5 Å². The van der Waals surface area contributed by atoms with Crippen LogP contribution in [0, 0.1) is 0 Å². The van der Waals surface area contributed by atoms with E-state index in [1.54, 1.807) is 6.07 Å². The van der Waals surface area contributed by atoms with Gasteiger partial charge in [0.05, 0.1) is 12.7 Å². The number of ether oxygens (including phenoxy) is 2. The third-order valence-corrected chi connectivity index (χ3v) is 3.90. The Morgan fingerprint density at radius 1 is 1.17 bits per heavy atom. The van der Waals surface area contributed by atoms with Gasteiger partial charge in [0.25, 0.3) is 5.19 Å². The molecule has 3 rings (SSSR count). The number of nitrogens with zero attached hydrogens (tertiary/aromatic N) is 2. The lowest BCUT2D eigenvalue weighted by Crippen LogP contribution is -1.98. The van der Waals surface area contributed by atoms with Crippen LogP contribution in [0.2, 0.25) is 0 Å². The van der Waals surface area contributed by atoms with E-state index in [4.69, 9.17) is 14.6 Å². The van der Waals surface area contributed by atoms with Crippen molar-refractivity contribution < 1.29 is 19.4 Å². The molecule has 0 unspecified atom stereocenters. The van der Waals surface area contributed by atoms with Crippen molar-refractivity contribution in [2.75, 3.05) is 7.11 Å². The quantitative estimate of drug-likeness (QED) is 0.737. The Hall–Kier alpha value is -2.93. The Labute approximate surface area is 142 Å². The van der Waals surface area contributed by atoms with Crippen molar-refractivity contribution in [3.63, 3.8) is 0 Å². The van der Waals surface area contributed by atoms with Crippen molar-refractivity contribution in [1.29, 1.82) is 0 Å². The zero-order chi connectivity index (χ0) is 16.9. The third-order valence-electron chi connectivity index (χ3n) is 3.26. The maximum atomic E-state index is 11.1. The normalized spacial score (nSPS) is 10.4. The summed E-state index contributed by atoms with van der Waals surface area (Å²) in [4.78, 5) is 15.4. The molecule has 0 aliphatic heterocycles. The van der Waals surface area contributed by atoms with Gasteiger partial charge in [-0.3, -0.25) is 0 Å². The molecule has 0 atom stereocenters. The molecule has 0 aliphatic carbocycles. The van der Waals surface area contributed by atoms with E-state index in [1.807, 2.05) is 30.3 Å². The standard InChI is InChI=1S/C17H14N2O4S/c1-22-13-8-7-12(16(20)21)10-14(13)23-17-18-15(19-24-17)9-11-5-3-2-4-6-11/h2-8,10H,9H2,1H3,(H,20,21). The molecule has 0 saturated carbocycles. The van der Waals surface area contributed by atoms with E-state index in [0.29, 0.717) is 28.9 Å². The van der Waals surface area contributed by atoms with E-state index in [9.17, 15) is 4.79 Å². The molecule has 1 heterocycles. The molecule has 0 bridgehead atoms. The summed E-state index contributed by atoms with van der Waals surface area (Å²) >= 11 is 1.11. The minimum absolute atomic E-state index is 0.111. The monoisotopic (exact) mass is 342 g/mol. The zero-order valence-corrected chi connectivity index (χ0v) is 13.6. The Morgan fingerprint density at radius 3 is 2.67 bits per heavy atom. The molecule has 122 valence electrons. The largest absolute Gasteiger partial charge is 0.493 e. The highest BCUT2D eigenvalue weighted by molar-refractivity contribution is 7.07. The number of aromatic carboxylic acids is 1. The van der Waals surface area contributed by atoms with Gasteiger partial charge in [-0.25, -0.2) is 4.79 Å². The summed E-state index contributed by atoms with van der Waals surface area (Å²) in [6.07, 6.45) is 0.604. The van der Waals surface area contributed by atoms with Crippen LogP contribution in [0.25, 0.3) is 0 Å². The Kier molecular flexibility index (Phi) is 4.72. The molecule has 24 heavy (non-hydrogen) atoms. The van der Waals surface area contributed by atoms with Gasteiger partial charge in [-0.2, -0.15) is 9.36 Å². The predicted octanol–water partition coefficient (Wildman–Crippen LogP) is 3.63. The second-order valence-electron chi connectivity index (χ2n) is 4.91. The first-order valence-corrected chi connectivity index (χ1v) is 7.89. The molecule has 0 fully saturated rings. The van der Waals surface area contributed by atoms with Gasteiger partial charge in [0.15, 0.2) is 17.3 Å². The van der Waals surface area contributed by atoms with Gasteiger partial charge in [0, 0.05) is 18.0 Å². The van der Waals surface area contributed by atoms with E-state index in [1.165, 1.54) is 19.2 Å². The van der Waals surface area contributed by atoms with Crippen LogP contribution < -0.4 is 9.47 Å². The van der Waals surface area contributed by atoms with Crippen molar-refractivity contribution in [2.24, 2.45) is 0 Å². The molecule has 0 radical (unpaired) electrons. The minimum Gasteiger partial charge on any atom is -0.493 e. The highest BCUT2D eigenvalue weighted by Gasteiger charge is 2.13. The van der Waals surface area contributed by atoms with Crippen LogP contribution in [-0.4, -0.2) is 27.5 Å². The Morgan fingerprint density at radius 2 is 1.96 bits per heavy atom. The molecule has 0 aliphatic rings. The van der Waals surface area contributed by atoms with Crippen LogP contribution in [0.5, 0.6) is 16.7 Å². The van der Waals surface area contributed by atoms with Crippen LogP contribution in [-0.2, 0) is 6.42 Å². The molecule has 0 amide bonds. The van der Waals surface area contributed by atoms with Crippen LogP contribution >= 0.6 is 11.5 Å². The molecular weight excluding hydrogens is 328 g/mol. The van der Waals surface area contributed by atoms with Crippen LogP contribution in [0.15, 0.2) is 48.5 Å². The first-order chi connectivity index (χ1) is 11.7. The van der Waals surface area contributed by atoms with Crippen molar-refractivity contribution in [2.45, 2.75) is 6.42 Å². The van der Waals surface area contributed by atoms with E-state index >= 15 is 0 Å². The van der Waals surface area contributed by atoms with Gasteiger partial charge < -0.3 is 14.6 Å². The van der Waals surface area contributed by atoms with Crippen molar-refractivity contribution in [3.8, 4) is 16.7 Å². The summed E-state index contributed by atoms with van der Waals surface area (Å²) in [6, 6.07) is 14.3. The summed E-state index contributed by atoms with van der Waals surface area (Å²) in [6.45, 7) is 0. The number of carboxylic acids is 1. The molecule has 1 aromatic heterocycles. The van der Waals surface area contributed by atoms with Gasteiger partial charge in [-0.1, -0.05) is 30.3 Å². The van der Waals surface area contributed by atoms with E-state index < -0.39 is 5.97 Å². The number of aromatic nitrogens is 2. The summed E-state index contributed by atoms with van der Waals surface area (Å²) in [5, 5.41) is 9.42. The van der Waals surface area contributed by atoms with Crippen LogP contribution in [0.4, 0.5) is 0 Å². The SMILES string of the molecule is COc1ccc(C(=O)O)cc1Oc1nc(Cc2ccccc2)ns1. The van der Waals surface area contributed by atoms with Crippen LogP contribution in [0.3, 0.4) is 0 Å². The fourth-order valence-electron chi connectivity index (χ4n) is 2.11. The molecule has 6 nitrogen and oxygen atoms in total. The lowest BCUT2D eigenvalue weighted by molar-refractivity contribution is 0.0696. The fraction of sp³-hybridized carbons (Fsp3) is 0.118. The maximum Gasteiger partial charge on any atom is 0.335 e. The highest BCUT2D eigenvalue weighted by atomic mass is 32.1. The number of hydrogen-bond acceptors (Lipinski definition) is 6. The number of benzene rings is 2. The van der Waals surface area contributed by atoms with Crippen molar-refractivity contribution >= 4 is 17.5 Å². The number of carboxylic acid groups (broad SMARTS) is 1. The molecule has 2 aromatic carbocycles. The Bertz CT molecular complexity index is 849. The molecule has 7 heteroatoms. The van der Waals surface area contributed by atoms with Gasteiger partial charge in [0.2, 0.25) is 0 Å². The summed E-state index contributed by atoms with van der Waals surface area (Å²) in [5.41, 5.74) is 1.21. The maximum absolute atomic E-state index is 11.1. The zero-order valence-electron chi connectivity index (χ0n) is 12.8. The number of hydrogen-bond donors (Lipinski definition) is 1. The highest BCUT2D eigenvalue weighted by Crippen LogP contribution is 2.33. The van der Waals surface area contributed by atoms with E-state index in [2.05, 4.69) is 9.36 Å². The average Bonchev–Trinajstić information content (AvgIpc) is 3.02. The predicted molar refractivity (Wildman–Crippen MR) is 89.2 cm³/mol. The lowest BCUT2D eigenvalue weighted by atomic mass is 10.1. The average molecular weight is 342 g/mol. The summed E-state index contributed by atoms with van der Waals surface area (Å²) < 4.78 is 15.1. The first-order valence-electron chi connectivity index (χ1n) is 7.11. The molecular formula is C17H14N2O4S. The molecule has 0 saturated heterocycles. The summed E-state index contributed by atoms with van der Waals surface area (Å²) in [7, 11) is 1.49. The van der Waals surface area contributed by atoms with Crippen molar-refractivity contribution in [1.82, 2.24) is 9.36 Å². The number of rotatable bonds is 6. The van der Waals surface area contributed by atoms with Crippen LogP contribution in [0.1, 0.15) is 21.7 Å². The molecule has 3 aromatic rings. The lowest BCUT2D eigenvalue weighted by Gasteiger charge is -2.08. The Balaban J connectivity index is 1.79. The topological polar surface area (TPSA) is 81.5 Å². The molecule has 0 spiro atoms. The second-order valence-corrected chi connectivity index (χ2v) is 5.63. The van der Waals surface area contributed by atoms with Gasteiger partial charge in [-0.05, 0) is 23.8 Å². The van der Waals surface area contributed by atoms with Gasteiger partial charge in [-0.15, -0.1) is 0 Å². The number of methoxy groups -OCH3 is 1. The minimum atomic E-state index is -1.04.